The molecular weight excluding hydrogens is 510 g/mol. The minimum atomic E-state index is -4.33. The van der Waals surface area contributed by atoms with Gasteiger partial charge in [0.05, 0.1) is 27.4 Å². The van der Waals surface area contributed by atoms with E-state index in [4.69, 9.17) is 16.3 Å². The summed E-state index contributed by atoms with van der Waals surface area (Å²) in [6.45, 7) is 7.92. The SMILES string of the molecule is C=C1C(=O)OCC1C(O)c1cn(S(=O)(=O)c2ccc(NCC(C)C)c([N+](=O)[O-])c2)c2ccc(Cl)cc12. The first kappa shape index (κ1) is 25.7. The van der Waals surface area contributed by atoms with Crippen LogP contribution in [0.15, 0.2) is 59.6 Å². The number of nitrogens with zero attached hydrogens (tertiary/aromatic N) is 2. The number of nitrogens with one attached hydrogen (secondary N) is 1. The van der Waals surface area contributed by atoms with Gasteiger partial charge in [-0.25, -0.2) is 17.2 Å². The van der Waals surface area contributed by atoms with Crippen LogP contribution in [0.3, 0.4) is 0 Å². The van der Waals surface area contributed by atoms with Crippen LogP contribution in [0.4, 0.5) is 11.4 Å². The van der Waals surface area contributed by atoms with Gasteiger partial charge in [-0.2, -0.15) is 0 Å². The number of carbonyl (C=O) groups excluding carboxylic acids is 1. The summed E-state index contributed by atoms with van der Waals surface area (Å²) in [6.07, 6.45) is -0.0771. The lowest BCUT2D eigenvalue weighted by Gasteiger charge is -2.15. The van der Waals surface area contributed by atoms with E-state index in [0.717, 1.165) is 10.0 Å². The summed E-state index contributed by atoms with van der Waals surface area (Å²) in [7, 11) is -4.33. The Labute approximate surface area is 212 Å². The molecule has 2 N–H and O–H groups in total. The Kier molecular flexibility index (Phi) is 6.82. The Morgan fingerprint density at radius 1 is 1.31 bits per heavy atom. The van der Waals surface area contributed by atoms with Crippen molar-refractivity contribution in [1.29, 1.82) is 0 Å². The van der Waals surface area contributed by atoms with Gasteiger partial charge in [0.25, 0.3) is 15.7 Å². The van der Waals surface area contributed by atoms with Crippen LogP contribution in [0.25, 0.3) is 10.9 Å². The molecule has 190 valence electrons. The number of nitro groups is 1. The third-order valence-electron chi connectivity index (χ3n) is 5.99. The van der Waals surface area contributed by atoms with E-state index in [9.17, 15) is 28.4 Å². The number of rotatable bonds is 8. The number of hydrogen-bond acceptors (Lipinski definition) is 8. The van der Waals surface area contributed by atoms with Gasteiger partial charge in [-0.3, -0.25) is 10.1 Å². The zero-order valence-corrected chi connectivity index (χ0v) is 21.0. The highest BCUT2D eigenvalue weighted by atomic mass is 35.5. The molecule has 0 radical (unpaired) electrons. The maximum absolute atomic E-state index is 13.7. The number of ether oxygens (including phenoxy) is 1. The molecule has 1 aliphatic rings. The van der Waals surface area contributed by atoms with Crippen LogP contribution in [0.5, 0.6) is 0 Å². The molecule has 0 spiro atoms. The Morgan fingerprint density at radius 2 is 2.03 bits per heavy atom. The first-order chi connectivity index (χ1) is 16.9. The topological polar surface area (TPSA) is 141 Å². The summed E-state index contributed by atoms with van der Waals surface area (Å²) in [4.78, 5) is 22.5. The number of halogens is 1. The number of anilines is 1. The molecule has 10 nitrogen and oxygen atoms in total. The number of aromatic nitrogens is 1. The van der Waals surface area contributed by atoms with Crippen LogP contribution in [0.1, 0.15) is 25.5 Å². The molecule has 36 heavy (non-hydrogen) atoms. The fraction of sp³-hybridized carbons (Fsp3) is 0.292. The fourth-order valence-electron chi connectivity index (χ4n) is 4.04. The molecule has 2 aromatic carbocycles. The summed E-state index contributed by atoms with van der Waals surface area (Å²) in [5.41, 5.74) is 0.305. The third-order valence-corrected chi connectivity index (χ3v) is 7.90. The molecule has 0 saturated carbocycles. The molecular formula is C24H24ClN3O7S. The highest BCUT2D eigenvalue weighted by Gasteiger charge is 2.37. The van der Waals surface area contributed by atoms with Crippen molar-refractivity contribution >= 4 is 49.9 Å². The maximum Gasteiger partial charge on any atom is 0.333 e. The van der Waals surface area contributed by atoms with Crippen LogP contribution < -0.4 is 5.32 Å². The average Bonchev–Trinajstić information content (AvgIpc) is 3.37. The summed E-state index contributed by atoms with van der Waals surface area (Å²) in [5.74, 6) is -1.19. The molecule has 0 amide bonds. The molecule has 0 aliphatic carbocycles. The molecule has 1 aliphatic heterocycles. The molecule has 2 heterocycles. The van der Waals surface area contributed by atoms with Crippen LogP contribution in [0, 0.1) is 22.0 Å². The first-order valence-corrected chi connectivity index (χ1v) is 12.9. The maximum atomic E-state index is 13.7. The quantitative estimate of drug-likeness (QED) is 0.189. The summed E-state index contributed by atoms with van der Waals surface area (Å²) < 4.78 is 33.2. The molecule has 2 unspecified atom stereocenters. The van der Waals surface area contributed by atoms with E-state index in [-0.39, 0.29) is 45.4 Å². The van der Waals surface area contributed by atoms with Crippen LogP contribution >= 0.6 is 11.6 Å². The number of cyclic esters (lactones) is 1. The average molecular weight is 534 g/mol. The lowest BCUT2D eigenvalue weighted by Crippen LogP contribution is -2.15. The minimum absolute atomic E-state index is 0.0772. The molecule has 3 aromatic rings. The zero-order chi connectivity index (χ0) is 26.4. The Balaban J connectivity index is 1.83. The lowest BCUT2D eigenvalue weighted by atomic mass is 9.92. The largest absolute Gasteiger partial charge is 0.462 e. The van der Waals surface area contributed by atoms with Crippen molar-refractivity contribution in [3.8, 4) is 0 Å². The molecule has 2 atom stereocenters. The standard InChI is InChI=1S/C24H24ClN3O7S/c1-13(2)10-26-20-6-5-16(9-22(20)28(31)32)36(33,34)27-11-18(17-8-15(25)4-7-21(17)27)23(29)19-12-35-24(30)14(19)3/h4-9,11,13,19,23,26,29H,3,10,12H2,1-2H3. The Morgan fingerprint density at radius 3 is 2.64 bits per heavy atom. The molecule has 4 rings (SSSR count). The predicted molar refractivity (Wildman–Crippen MR) is 135 cm³/mol. The van der Waals surface area contributed by atoms with Gasteiger partial charge < -0.3 is 15.2 Å². The van der Waals surface area contributed by atoms with Gasteiger partial charge in [0.15, 0.2) is 0 Å². The lowest BCUT2D eigenvalue weighted by molar-refractivity contribution is -0.384. The fourth-order valence-corrected chi connectivity index (χ4v) is 5.61. The van der Waals surface area contributed by atoms with Gasteiger partial charge in [-0.05, 0) is 36.2 Å². The van der Waals surface area contributed by atoms with Gasteiger partial charge in [0.1, 0.15) is 12.3 Å². The van der Waals surface area contributed by atoms with Gasteiger partial charge in [-0.15, -0.1) is 0 Å². The zero-order valence-electron chi connectivity index (χ0n) is 19.5. The second-order valence-electron chi connectivity index (χ2n) is 8.93. The predicted octanol–water partition coefficient (Wildman–Crippen LogP) is 4.27. The number of nitro benzene ring substituents is 1. The number of fused-ring (bicyclic) bond motifs is 1. The van der Waals surface area contributed by atoms with Crippen molar-refractivity contribution in [3.63, 3.8) is 0 Å². The van der Waals surface area contributed by atoms with Crippen molar-refractivity contribution in [2.45, 2.75) is 24.8 Å². The summed E-state index contributed by atoms with van der Waals surface area (Å²) in [6, 6.07) is 8.12. The second kappa shape index (κ2) is 9.57. The Bertz CT molecular complexity index is 1500. The summed E-state index contributed by atoms with van der Waals surface area (Å²) in [5, 5.41) is 26.4. The van der Waals surface area contributed by atoms with E-state index in [2.05, 4.69) is 11.9 Å². The number of carbonyl (C=O) groups is 1. The van der Waals surface area contributed by atoms with Crippen molar-refractivity contribution < 1.29 is 28.0 Å². The number of aliphatic hydroxyl groups is 1. The number of esters is 1. The smallest absolute Gasteiger partial charge is 0.333 e. The monoisotopic (exact) mass is 533 g/mol. The van der Waals surface area contributed by atoms with Crippen molar-refractivity contribution in [2.75, 3.05) is 18.5 Å². The van der Waals surface area contributed by atoms with E-state index < -0.39 is 32.9 Å². The number of benzene rings is 2. The van der Waals surface area contributed by atoms with Gasteiger partial charge in [-0.1, -0.05) is 32.0 Å². The molecule has 1 saturated heterocycles. The minimum Gasteiger partial charge on any atom is -0.462 e. The molecule has 0 bridgehead atoms. The van der Waals surface area contributed by atoms with Crippen molar-refractivity contribution in [2.24, 2.45) is 11.8 Å². The highest BCUT2D eigenvalue weighted by molar-refractivity contribution is 7.90. The summed E-state index contributed by atoms with van der Waals surface area (Å²) >= 11 is 6.15. The third kappa shape index (κ3) is 4.57. The molecule has 12 heteroatoms. The van der Waals surface area contributed by atoms with E-state index in [1.807, 2.05) is 13.8 Å². The molecule has 1 fully saturated rings. The normalized spacial score (nSPS) is 17.0. The van der Waals surface area contributed by atoms with Crippen LogP contribution in [0.2, 0.25) is 5.02 Å². The first-order valence-electron chi connectivity index (χ1n) is 11.0. The van der Waals surface area contributed by atoms with E-state index in [1.165, 1.54) is 36.5 Å². The number of aliphatic hydroxyl groups excluding tert-OH is 1. The van der Waals surface area contributed by atoms with E-state index in [1.54, 1.807) is 0 Å². The Hall–Kier alpha value is -3.41. The highest BCUT2D eigenvalue weighted by Crippen LogP contribution is 2.39. The van der Waals surface area contributed by atoms with E-state index >= 15 is 0 Å². The van der Waals surface area contributed by atoms with Gasteiger partial charge in [0.2, 0.25) is 0 Å². The van der Waals surface area contributed by atoms with Crippen LogP contribution in [-0.4, -0.2) is 41.5 Å². The molecule has 1 aromatic heterocycles. The van der Waals surface area contributed by atoms with Crippen LogP contribution in [-0.2, 0) is 19.6 Å². The number of hydrogen-bond donors (Lipinski definition) is 2. The van der Waals surface area contributed by atoms with Gasteiger partial charge >= 0.3 is 5.97 Å². The van der Waals surface area contributed by atoms with E-state index in [0.29, 0.717) is 17.0 Å². The van der Waals surface area contributed by atoms with Gasteiger partial charge in [0, 0.05) is 40.4 Å². The second-order valence-corrected chi connectivity index (χ2v) is 11.2. The van der Waals surface area contributed by atoms with Crippen molar-refractivity contribution in [1.82, 2.24) is 3.97 Å². The van der Waals surface area contributed by atoms with Crippen molar-refractivity contribution in [3.05, 3.63) is 75.4 Å².